The highest BCUT2D eigenvalue weighted by atomic mass is 16.5. The van der Waals surface area contributed by atoms with Gasteiger partial charge in [0, 0.05) is 12.1 Å². The molecule has 3 nitrogen and oxygen atoms in total. The van der Waals surface area contributed by atoms with Crippen molar-refractivity contribution in [3.8, 4) is 11.5 Å². The second-order valence-corrected chi connectivity index (χ2v) is 5.95. The van der Waals surface area contributed by atoms with Gasteiger partial charge in [-0.15, -0.1) is 0 Å². The molecule has 0 aromatic heterocycles. The summed E-state index contributed by atoms with van der Waals surface area (Å²) in [6.45, 7) is 4.04. The number of rotatable bonds is 8. The van der Waals surface area contributed by atoms with E-state index in [9.17, 15) is 0 Å². The molecule has 1 aromatic rings. The van der Waals surface area contributed by atoms with Gasteiger partial charge in [0.1, 0.15) is 18.1 Å². The monoisotopic (exact) mass is 291 g/mol. The van der Waals surface area contributed by atoms with Crippen LogP contribution >= 0.6 is 0 Å². The van der Waals surface area contributed by atoms with Crippen LogP contribution in [-0.2, 0) is 0 Å². The van der Waals surface area contributed by atoms with Gasteiger partial charge in [-0.2, -0.15) is 0 Å². The standard InChI is InChI=1S/C18H29NO2/c1-3-12-19-18(15-8-5-4-6-9-15)14-21-17-11-7-10-16(13-17)20-2/h7,10-11,13,15,18-19H,3-6,8-9,12,14H2,1-2H3. The molecule has 3 heteroatoms. The van der Waals surface area contributed by atoms with E-state index in [1.807, 2.05) is 24.3 Å². The summed E-state index contributed by atoms with van der Waals surface area (Å²) in [4.78, 5) is 0. The lowest BCUT2D eigenvalue weighted by molar-refractivity contribution is 0.185. The Hall–Kier alpha value is -1.22. The van der Waals surface area contributed by atoms with E-state index >= 15 is 0 Å². The lowest BCUT2D eigenvalue weighted by Crippen LogP contribution is -2.42. The van der Waals surface area contributed by atoms with Crippen LogP contribution in [0.15, 0.2) is 24.3 Å². The second-order valence-electron chi connectivity index (χ2n) is 5.95. The van der Waals surface area contributed by atoms with E-state index in [2.05, 4.69) is 12.2 Å². The Morgan fingerprint density at radius 2 is 1.95 bits per heavy atom. The van der Waals surface area contributed by atoms with Crippen molar-refractivity contribution in [2.45, 2.75) is 51.5 Å². The third-order valence-corrected chi connectivity index (χ3v) is 4.35. The van der Waals surface area contributed by atoms with Crippen molar-refractivity contribution >= 4 is 0 Å². The molecule has 1 unspecified atom stereocenters. The number of hydrogen-bond acceptors (Lipinski definition) is 3. The molecule has 2 rings (SSSR count). The first-order valence-corrected chi connectivity index (χ1v) is 8.33. The molecular formula is C18H29NO2. The van der Waals surface area contributed by atoms with E-state index in [1.165, 1.54) is 38.5 Å². The molecule has 1 aliphatic rings. The SMILES string of the molecule is CCCNC(COc1cccc(OC)c1)C1CCCCC1. The van der Waals surface area contributed by atoms with Gasteiger partial charge in [0.2, 0.25) is 0 Å². The zero-order valence-corrected chi connectivity index (χ0v) is 13.4. The molecule has 1 N–H and O–H groups in total. The predicted molar refractivity (Wildman–Crippen MR) is 87.1 cm³/mol. The lowest BCUT2D eigenvalue weighted by atomic mass is 9.84. The smallest absolute Gasteiger partial charge is 0.123 e. The summed E-state index contributed by atoms with van der Waals surface area (Å²) < 4.78 is 11.3. The Balaban J connectivity index is 1.90. The minimum atomic E-state index is 0.469. The Morgan fingerprint density at radius 1 is 1.19 bits per heavy atom. The number of nitrogens with one attached hydrogen (secondary N) is 1. The van der Waals surface area contributed by atoms with Gasteiger partial charge in [0.25, 0.3) is 0 Å². The molecule has 1 saturated carbocycles. The maximum Gasteiger partial charge on any atom is 0.123 e. The van der Waals surface area contributed by atoms with E-state index < -0.39 is 0 Å². The molecule has 0 amide bonds. The normalized spacial score (nSPS) is 17.4. The maximum atomic E-state index is 6.02. The third-order valence-electron chi connectivity index (χ3n) is 4.35. The van der Waals surface area contributed by atoms with Gasteiger partial charge in [0.15, 0.2) is 0 Å². The Labute approximate surface area is 129 Å². The van der Waals surface area contributed by atoms with Crippen LogP contribution in [0.25, 0.3) is 0 Å². The van der Waals surface area contributed by atoms with Gasteiger partial charge in [0.05, 0.1) is 7.11 Å². The largest absolute Gasteiger partial charge is 0.497 e. The Morgan fingerprint density at radius 3 is 2.67 bits per heavy atom. The fraction of sp³-hybridized carbons (Fsp3) is 0.667. The first-order chi connectivity index (χ1) is 10.3. The molecule has 0 heterocycles. The molecular weight excluding hydrogens is 262 g/mol. The van der Waals surface area contributed by atoms with Crippen molar-refractivity contribution in [2.75, 3.05) is 20.3 Å². The van der Waals surface area contributed by atoms with Gasteiger partial charge in [-0.05, 0) is 43.9 Å². The first kappa shape index (κ1) is 16.2. The average molecular weight is 291 g/mol. The lowest BCUT2D eigenvalue weighted by Gasteiger charge is -2.31. The topological polar surface area (TPSA) is 30.5 Å². The summed E-state index contributed by atoms with van der Waals surface area (Å²) >= 11 is 0. The molecule has 118 valence electrons. The summed E-state index contributed by atoms with van der Waals surface area (Å²) in [6, 6.07) is 8.35. The Kier molecular flexibility index (Phi) is 6.87. The van der Waals surface area contributed by atoms with Gasteiger partial charge in [-0.25, -0.2) is 0 Å². The van der Waals surface area contributed by atoms with Crippen LogP contribution in [0.5, 0.6) is 11.5 Å². The van der Waals surface area contributed by atoms with Gasteiger partial charge in [-0.3, -0.25) is 0 Å². The van der Waals surface area contributed by atoms with Crippen LogP contribution < -0.4 is 14.8 Å². The first-order valence-electron chi connectivity index (χ1n) is 8.33. The molecule has 1 aliphatic carbocycles. The van der Waals surface area contributed by atoms with E-state index in [1.54, 1.807) is 7.11 Å². The van der Waals surface area contributed by atoms with E-state index in [0.29, 0.717) is 6.04 Å². The number of hydrogen-bond donors (Lipinski definition) is 1. The fourth-order valence-electron chi connectivity index (χ4n) is 3.10. The molecule has 0 aliphatic heterocycles. The molecule has 1 aromatic carbocycles. The third kappa shape index (κ3) is 5.24. The highest BCUT2D eigenvalue weighted by Gasteiger charge is 2.23. The number of methoxy groups -OCH3 is 1. The summed E-state index contributed by atoms with van der Waals surface area (Å²) in [6.07, 6.45) is 7.98. The fourth-order valence-corrected chi connectivity index (χ4v) is 3.10. The van der Waals surface area contributed by atoms with Crippen LogP contribution in [0.4, 0.5) is 0 Å². The molecule has 1 atom stereocenters. The van der Waals surface area contributed by atoms with Crippen LogP contribution in [-0.4, -0.2) is 26.3 Å². The Bertz CT molecular complexity index is 402. The van der Waals surface area contributed by atoms with Crippen molar-refractivity contribution in [1.29, 1.82) is 0 Å². The molecule has 0 saturated heterocycles. The van der Waals surface area contributed by atoms with Gasteiger partial charge < -0.3 is 14.8 Å². The number of ether oxygens (including phenoxy) is 2. The van der Waals surface area contributed by atoms with Crippen LogP contribution in [0.1, 0.15) is 45.4 Å². The van der Waals surface area contributed by atoms with E-state index in [4.69, 9.17) is 9.47 Å². The molecule has 21 heavy (non-hydrogen) atoms. The average Bonchev–Trinajstić information content (AvgIpc) is 2.56. The predicted octanol–water partition coefficient (Wildman–Crippen LogP) is 4.02. The summed E-state index contributed by atoms with van der Waals surface area (Å²) in [5.41, 5.74) is 0. The van der Waals surface area contributed by atoms with Crippen LogP contribution in [0.3, 0.4) is 0 Å². The van der Waals surface area contributed by atoms with Crippen LogP contribution in [0.2, 0.25) is 0 Å². The maximum absolute atomic E-state index is 6.02. The van der Waals surface area contributed by atoms with Crippen molar-refractivity contribution in [1.82, 2.24) is 5.32 Å². The highest BCUT2D eigenvalue weighted by Crippen LogP contribution is 2.27. The van der Waals surface area contributed by atoms with Crippen molar-refractivity contribution in [3.05, 3.63) is 24.3 Å². The second kappa shape index (κ2) is 8.93. The number of benzene rings is 1. The quantitative estimate of drug-likeness (QED) is 0.784. The molecule has 0 bridgehead atoms. The van der Waals surface area contributed by atoms with Gasteiger partial charge >= 0.3 is 0 Å². The minimum Gasteiger partial charge on any atom is -0.497 e. The minimum absolute atomic E-state index is 0.469. The highest BCUT2D eigenvalue weighted by molar-refractivity contribution is 5.32. The summed E-state index contributed by atoms with van der Waals surface area (Å²) in [5.74, 6) is 2.51. The molecule has 0 spiro atoms. The zero-order valence-electron chi connectivity index (χ0n) is 13.4. The van der Waals surface area contributed by atoms with Gasteiger partial charge in [-0.1, -0.05) is 32.3 Å². The molecule has 0 radical (unpaired) electrons. The van der Waals surface area contributed by atoms with Crippen molar-refractivity contribution in [2.24, 2.45) is 5.92 Å². The van der Waals surface area contributed by atoms with E-state index in [0.717, 1.165) is 30.6 Å². The summed E-state index contributed by atoms with van der Waals surface area (Å²) in [5, 5.41) is 3.68. The van der Waals surface area contributed by atoms with Crippen molar-refractivity contribution < 1.29 is 9.47 Å². The summed E-state index contributed by atoms with van der Waals surface area (Å²) in [7, 11) is 1.69. The van der Waals surface area contributed by atoms with Crippen molar-refractivity contribution in [3.63, 3.8) is 0 Å². The zero-order chi connectivity index (χ0) is 14.9. The molecule has 1 fully saturated rings. The van der Waals surface area contributed by atoms with E-state index in [-0.39, 0.29) is 0 Å². The van der Waals surface area contributed by atoms with Crippen LogP contribution in [0, 0.1) is 5.92 Å².